The Kier molecular flexibility index (Phi) is 3.88. The third-order valence-corrected chi connectivity index (χ3v) is 5.69. The average Bonchev–Trinajstić information content (AvgIpc) is 2.93. The molecule has 4 heteroatoms. The van der Waals surface area contributed by atoms with Crippen LogP contribution in [0.4, 0.5) is 0 Å². The summed E-state index contributed by atoms with van der Waals surface area (Å²) in [5.74, 6) is 0.837. The zero-order valence-corrected chi connectivity index (χ0v) is 12.2. The summed E-state index contributed by atoms with van der Waals surface area (Å²) in [5.41, 5.74) is 0. The van der Waals surface area contributed by atoms with E-state index in [1.807, 2.05) is 6.07 Å². The van der Waals surface area contributed by atoms with Gasteiger partial charge in [-0.15, -0.1) is 11.3 Å². The molecule has 0 amide bonds. The van der Waals surface area contributed by atoms with Gasteiger partial charge in [0.1, 0.15) is 10.9 Å². The van der Waals surface area contributed by atoms with Gasteiger partial charge in [-0.05, 0) is 57.3 Å². The minimum atomic E-state index is 0.814. The molecule has 1 N–H and O–H groups in total. The van der Waals surface area contributed by atoms with E-state index >= 15 is 0 Å². The second-order valence-electron chi connectivity index (χ2n) is 5.90. The SMILES string of the molecule is CN1C2CCC1CC(CNCc1ccc(C#N)s1)C2. The first-order chi connectivity index (χ1) is 9.26. The number of piperidine rings is 1. The van der Waals surface area contributed by atoms with E-state index in [4.69, 9.17) is 5.26 Å². The van der Waals surface area contributed by atoms with Gasteiger partial charge in [0.05, 0.1) is 0 Å². The third kappa shape index (κ3) is 2.84. The van der Waals surface area contributed by atoms with E-state index in [1.165, 1.54) is 30.6 Å². The van der Waals surface area contributed by atoms with Crippen molar-refractivity contribution in [3.05, 3.63) is 21.9 Å². The normalized spacial score (nSPS) is 30.4. The molecule has 0 aromatic carbocycles. The van der Waals surface area contributed by atoms with Gasteiger partial charge < -0.3 is 10.2 Å². The lowest BCUT2D eigenvalue weighted by molar-refractivity contribution is 0.133. The third-order valence-electron chi connectivity index (χ3n) is 4.70. The molecule has 2 saturated heterocycles. The number of rotatable bonds is 4. The summed E-state index contributed by atoms with van der Waals surface area (Å²) >= 11 is 1.60. The second-order valence-corrected chi connectivity index (χ2v) is 7.06. The standard InChI is InChI=1S/C15H21N3S/c1-18-12-2-3-13(18)7-11(6-12)9-17-10-15-5-4-14(8-16)19-15/h4-5,11-13,17H,2-3,6-7,9-10H2,1H3. The molecule has 19 heavy (non-hydrogen) atoms. The van der Waals surface area contributed by atoms with Crippen molar-refractivity contribution in [2.45, 2.75) is 44.3 Å². The number of hydrogen-bond donors (Lipinski definition) is 1. The Morgan fingerprint density at radius 3 is 2.74 bits per heavy atom. The Labute approximate surface area is 119 Å². The topological polar surface area (TPSA) is 39.1 Å². The highest BCUT2D eigenvalue weighted by Gasteiger charge is 2.37. The average molecular weight is 275 g/mol. The van der Waals surface area contributed by atoms with Crippen LogP contribution in [0.5, 0.6) is 0 Å². The Balaban J connectivity index is 1.45. The van der Waals surface area contributed by atoms with Gasteiger partial charge in [-0.2, -0.15) is 5.26 Å². The molecule has 2 atom stereocenters. The van der Waals surface area contributed by atoms with Crippen LogP contribution < -0.4 is 5.32 Å². The number of thiophene rings is 1. The molecular formula is C15H21N3S. The monoisotopic (exact) mass is 275 g/mol. The fraction of sp³-hybridized carbons (Fsp3) is 0.667. The van der Waals surface area contributed by atoms with Gasteiger partial charge in [0.15, 0.2) is 0 Å². The highest BCUT2D eigenvalue weighted by molar-refractivity contribution is 7.12. The van der Waals surface area contributed by atoms with Crippen molar-refractivity contribution in [2.24, 2.45) is 5.92 Å². The van der Waals surface area contributed by atoms with E-state index in [9.17, 15) is 0 Å². The van der Waals surface area contributed by atoms with Crippen molar-refractivity contribution in [2.75, 3.05) is 13.6 Å². The Bertz CT molecular complexity index is 462. The molecular weight excluding hydrogens is 254 g/mol. The van der Waals surface area contributed by atoms with E-state index < -0.39 is 0 Å². The zero-order chi connectivity index (χ0) is 13.2. The summed E-state index contributed by atoms with van der Waals surface area (Å²) in [6.07, 6.45) is 5.50. The molecule has 3 heterocycles. The molecule has 2 fully saturated rings. The van der Waals surface area contributed by atoms with E-state index in [2.05, 4.69) is 29.4 Å². The van der Waals surface area contributed by atoms with E-state index in [0.717, 1.165) is 36.0 Å². The second kappa shape index (κ2) is 5.62. The highest BCUT2D eigenvalue weighted by Crippen LogP contribution is 2.37. The molecule has 2 aliphatic heterocycles. The molecule has 3 rings (SSSR count). The predicted octanol–water partition coefficient (Wildman–Crippen LogP) is 2.58. The zero-order valence-electron chi connectivity index (χ0n) is 11.4. The van der Waals surface area contributed by atoms with Crippen LogP contribution in [0, 0.1) is 17.2 Å². The summed E-state index contributed by atoms with van der Waals surface area (Å²) in [6, 6.07) is 7.84. The van der Waals surface area contributed by atoms with E-state index in [0.29, 0.717) is 0 Å². The van der Waals surface area contributed by atoms with Gasteiger partial charge >= 0.3 is 0 Å². The van der Waals surface area contributed by atoms with Crippen molar-refractivity contribution in [1.29, 1.82) is 5.26 Å². The molecule has 2 unspecified atom stereocenters. The number of nitriles is 1. The van der Waals surface area contributed by atoms with Gasteiger partial charge in [0.2, 0.25) is 0 Å². The van der Waals surface area contributed by atoms with Gasteiger partial charge in [-0.3, -0.25) is 0 Å². The lowest BCUT2D eigenvalue weighted by Gasteiger charge is -2.36. The first kappa shape index (κ1) is 13.1. The van der Waals surface area contributed by atoms with Crippen molar-refractivity contribution in [3.63, 3.8) is 0 Å². The van der Waals surface area contributed by atoms with Crippen LogP contribution in [0.3, 0.4) is 0 Å². The summed E-state index contributed by atoms with van der Waals surface area (Å²) in [6.45, 7) is 2.04. The van der Waals surface area contributed by atoms with Crippen LogP contribution >= 0.6 is 11.3 Å². The number of hydrogen-bond acceptors (Lipinski definition) is 4. The van der Waals surface area contributed by atoms with Crippen molar-refractivity contribution < 1.29 is 0 Å². The smallest absolute Gasteiger partial charge is 0.110 e. The van der Waals surface area contributed by atoms with Crippen molar-refractivity contribution in [1.82, 2.24) is 10.2 Å². The maximum absolute atomic E-state index is 8.81. The van der Waals surface area contributed by atoms with E-state index in [-0.39, 0.29) is 0 Å². The fourth-order valence-electron chi connectivity index (χ4n) is 3.62. The molecule has 2 bridgehead atoms. The van der Waals surface area contributed by atoms with Crippen LogP contribution in [-0.4, -0.2) is 30.6 Å². The fourth-order valence-corrected chi connectivity index (χ4v) is 4.40. The molecule has 3 nitrogen and oxygen atoms in total. The minimum absolute atomic E-state index is 0.814. The lowest BCUT2D eigenvalue weighted by Crippen LogP contribution is -2.42. The first-order valence-corrected chi connectivity index (χ1v) is 7.99. The first-order valence-electron chi connectivity index (χ1n) is 7.17. The Morgan fingerprint density at radius 2 is 2.11 bits per heavy atom. The summed E-state index contributed by atoms with van der Waals surface area (Å²) in [5, 5.41) is 12.4. The van der Waals surface area contributed by atoms with Crippen LogP contribution in [0.25, 0.3) is 0 Å². The van der Waals surface area contributed by atoms with Crippen LogP contribution in [0.15, 0.2) is 12.1 Å². The molecule has 102 valence electrons. The number of nitrogens with zero attached hydrogens (tertiary/aromatic N) is 2. The maximum Gasteiger partial charge on any atom is 0.110 e. The van der Waals surface area contributed by atoms with Gasteiger partial charge in [-0.1, -0.05) is 0 Å². The summed E-state index contributed by atoms with van der Waals surface area (Å²) < 4.78 is 0. The van der Waals surface area contributed by atoms with Gasteiger partial charge in [0, 0.05) is 23.5 Å². The Hall–Kier alpha value is -0.890. The number of nitrogens with one attached hydrogen (secondary N) is 1. The highest BCUT2D eigenvalue weighted by atomic mass is 32.1. The van der Waals surface area contributed by atoms with Crippen LogP contribution in [0.2, 0.25) is 0 Å². The maximum atomic E-state index is 8.81. The number of fused-ring (bicyclic) bond motifs is 2. The van der Waals surface area contributed by atoms with Gasteiger partial charge in [-0.25, -0.2) is 0 Å². The summed E-state index contributed by atoms with van der Waals surface area (Å²) in [7, 11) is 2.29. The molecule has 1 aromatic rings. The minimum Gasteiger partial charge on any atom is -0.312 e. The van der Waals surface area contributed by atoms with E-state index in [1.54, 1.807) is 11.3 Å². The lowest BCUT2D eigenvalue weighted by atomic mass is 9.91. The van der Waals surface area contributed by atoms with Crippen LogP contribution in [-0.2, 0) is 6.54 Å². The van der Waals surface area contributed by atoms with Crippen LogP contribution in [0.1, 0.15) is 35.4 Å². The quantitative estimate of drug-likeness (QED) is 0.918. The summed E-state index contributed by atoms with van der Waals surface area (Å²) in [4.78, 5) is 4.68. The molecule has 1 aromatic heterocycles. The molecule has 0 aliphatic carbocycles. The largest absolute Gasteiger partial charge is 0.312 e. The molecule has 0 radical (unpaired) electrons. The molecule has 0 spiro atoms. The predicted molar refractivity (Wildman–Crippen MR) is 78.0 cm³/mol. The van der Waals surface area contributed by atoms with Gasteiger partial charge in [0.25, 0.3) is 0 Å². The van der Waals surface area contributed by atoms with Crippen molar-refractivity contribution >= 4 is 11.3 Å². The Morgan fingerprint density at radius 1 is 1.37 bits per heavy atom. The molecule has 0 saturated carbocycles. The molecule has 2 aliphatic rings. The van der Waals surface area contributed by atoms with Crippen molar-refractivity contribution in [3.8, 4) is 6.07 Å².